The molecule has 0 fully saturated rings. The first kappa shape index (κ1) is 17.5. The van der Waals surface area contributed by atoms with Crippen molar-refractivity contribution in [2.75, 3.05) is 5.75 Å². The lowest BCUT2D eigenvalue weighted by atomic mass is 9.97. The summed E-state index contributed by atoms with van der Waals surface area (Å²) < 4.78 is 0. The zero-order valence-corrected chi connectivity index (χ0v) is 15.1. The number of Topliss-reactive ketones (excluding diaryl/α,β-unsaturated/α-hetero) is 1. The number of thioether (sulfide) groups is 1. The Morgan fingerprint density at radius 1 is 1.12 bits per heavy atom. The van der Waals surface area contributed by atoms with Crippen LogP contribution in [-0.2, 0) is 11.2 Å². The molecule has 5 heteroatoms. The molecule has 25 heavy (non-hydrogen) atoms. The van der Waals surface area contributed by atoms with Crippen LogP contribution in [0.25, 0.3) is 0 Å². The van der Waals surface area contributed by atoms with Gasteiger partial charge in [-0.3, -0.25) is 9.78 Å². The maximum atomic E-state index is 12.2. The number of nitrogens with zero attached hydrogens (tertiary/aromatic N) is 3. The van der Waals surface area contributed by atoms with E-state index in [2.05, 4.69) is 34.2 Å². The molecule has 0 saturated carbocycles. The summed E-state index contributed by atoms with van der Waals surface area (Å²) >= 11 is 1.52. The van der Waals surface area contributed by atoms with Gasteiger partial charge in [0.15, 0.2) is 0 Å². The Morgan fingerprint density at radius 3 is 2.68 bits per heavy atom. The van der Waals surface area contributed by atoms with Gasteiger partial charge >= 0.3 is 0 Å². The highest BCUT2D eigenvalue weighted by Crippen LogP contribution is 2.27. The van der Waals surface area contributed by atoms with Gasteiger partial charge in [-0.2, -0.15) is 5.10 Å². The van der Waals surface area contributed by atoms with Crippen molar-refractivity contribution >= 4 is 28.3 Å². The number of benzene rings is 1. The maximum absolute atomic E-state index is 12.2. The van der Waals surface area contributed by atoms with Crippen molar-refractivity contribution in [3.63, 3.8) is 0 Å². The Hall–Kier alpha value is -2.27. The fourth-order valence-electron chi connectivity index (χ4n) is 2.79. The van der Waals surface area contributed by atoms with Crippen molar-refractivity contribution in [3.05, 3.63) is 66.0 Å². The number of rotatable bonds is 7. The molecule has 2 heterocycles. The van der Waals surface area contributed by atoms with Gasteiger partial charge in [-0.05, 0) is 30.5 Å². The van der Waals surface area contributed by atoms with Gasteiger partial charge in [0.05, 0.1) is 17.4 Å². The summed E-state index contributed by atoms with van der Waals surface area (Å²) in [6.45, 7) is 2.12. The molecular weight excluding hydrogens is 330 g/mol. The molecule has 1 unspecified atom stereocenters. The third-order valence-corrected chi connectivity index (χ3v) is 5.29. The van der Waals surface area contributed by atoms with Crippen molar-refractivity contribution in [2.24, 2.45) is 16.1 Å². The first-order valence-electron chi connectivity index (χ1n) is 8.52. The van der Waals surface area contributed by atoms with Crippen molar-refractivity contribution in [2.45, 2.75) is 26.2 Å². The number of hydrogen-bond donors (Lipinski definition) is 0. The smallest absolute Gasteiger partial charge is 0.143 e. The molecule has 0 aliphatic carbocycles. The van der Waals surface area contributed by atoms with Crippen LogP contribution >= 0.6 is 11.8 Å². The van der Waals surface area contributed by atoms with Crippen LogP contribution in [0.15, 0.2) is 65.1 Å². The second-order valence-corrected chi connectivity index (χ2v) is 6.93. The van der Waals surface area contributed by atoms with E-state index in [4.69, 9.17) is 0 Å². The second-order valence-electron chi connectivity index (χ2n) is 5.94. The van der Waals surface area contributed by atoms with Gasteiger partial charge in [0.1, 0.15) is 10.8 Å². The number of carbonyl (C=O) groups excluding carboxylic acids is 1. The monoisotopic (exact) mass is 351 g/mol. The summed E-state index contributed by atoms with van der Waals surface area (Å²) in [6.07, 6.45) is 5.84. The first-order chi connectivity index (χ1) is 12.3. The highest BCUT2D eigenvalue weighted by molar-refractivity contribution is 8.14. The van der Waals surface area contributed by atoms with Crippen LogP contribution in [0, 0.1) is 5.92 Å². The summed E-state index contributed by atoms with van der Waals surface area (Å²) in [4.78, 5) is 16.4. The van der Waals surface area contributed by atoms with E-state index in [-0.39, 0.29) is 11.7 Å². The average Bonchev–Trinajstić information content (AvgIpc) is 3.09. The highest BCUT2D eigenvalue weighted by Gasteiger charge is 2.27. The van der Waals surface area contributed by atoms with Crippen LogP contribution in [0.2, 0.25) is 0 Å². The van der Waals surface area contributed by atoms with E-state index in [1.165, 1.54) is 17.3 Å². The molecule has 0 N–H and O–H groups in total. The molecule has 1 aliphatic heterocycles. The average molecular weight is 351 g/mol. The van der Waals surface area contributed by atoms with E-state index in [1.54, 1.807) is 6.20 Å². The lowest BCUT2D eigenvalue weighted by Gasteiger charge is -2.12. The lowest BCUT2D eigenvalue weighted by Crippen LogP contribution is -2.19. The quantitative estimate of drug-likeness (QED) is 0.753. The van der Waals surface area contributed by atoms with Crippen LogP contribution in [0.5, 0.6) is 0 Å². The number of aromatic nitrogens is 1. The van der Waals surface area contributed by atoms with E-state index in [1.807, 2.05) is 36.5 Å². The standard InChI is InChI=1S/C20H21N3OS/c1-2-18-19(16-9-6-12-21-13-16)22-23-20(18)25-14-17(24)11-10-15-7-4-3-5-8-15/h3-9,12-13,18H,2,10-11,14H2,1H3. The van der Waals surface area contributed by atoms with Crippen LogP contribution in [0.4, 0.5) is 0 Å². The van der Waals surface area contributed by atoms with Gasteiger partial charge in [-0.15, -0.1) is 16.9 Å². The van der Waals surface area contributed by atoms with Gasteiger partial charge in [0, 0.05) is 24.4 Å². The maximum Gasteiger partial charge on any atom is 0.143 e. The Kier molecular flexibility index (Phi) is 6.12. The largest absolute Gasteiger partial charge is 0.299 e. The Balaban J connectivity index is 1.51. The van der Waals surface area contributed by atoms with Gasteiger partial charge in [-0.1, -0.05) is 37.3 Å². The van der Waals surface area contributed by atoms with E-state index in [9.17, 15) is 4.79 Å². The summed E-state index contributed by atoms with van der Waals surface area (Å²) in [5.41, 5.74) is 3.16. The molecule has 0 amide bonds. The zero-order valence-electron chi connectivity index (χ0n) is 14.3. The van der Waals surface area contributed by atoms with Crippen molar-refractivity contribution in [1.82, 2.24) is 4.98 Å². The van der Waals surface area contributed by atoms with Gasteiger partial charge in [-0.25, -0.2) is 0 Å². The topological polar surface area (TPSA) is 54.7 Å². The van der Waals surface area contributed by atoms with Crippen molar-refractivity contribution < 1.29 is 4.79 Å². The molecular formula is C20H21N3OS. The Bertz CT molecular complexity index is 772. The van der Waals surface area contributed by atoms with E-state index >= 15 is 0 Å². The molecule has 128 valence electrons. The Morgan fingerprint density at radius 2 is 1.96 bits per heavy atom. The van der Waals surface area contributed by atoms with Crippen LogP contribution in [0.3, 0.4) is 0 Å². The molecule has 3 rings (SSSR count). The highest BCUT2D eigenvalue weighted by atomic mass is 32.2. The molecule has 1 aromatic heterocycles. The number of aryl methyl sites for hydroxylation is 1. The lowest BCUT2D eigenvalue weighted by molar-refractivity contribution is -0.116. The zero-order chi connectivity index (χ0) is 17.5. The molecule has 0 spiro atoms. The van der Waals surface area contributed by atoms with Crippen molar-refractivity contribution in [1.29, 1.82) is 0 Å². The predicted octanol–water partition coefficient (Wildman–Crippen LogP) is 4.16. The molecule has 0 saturated heterocycles. The third kappa shape index (κ3) is 4.63. The van der Waals surface area contributed by atoms with Gasteiger partial charge in [0.2, 0.25) is 0 Å². The molecule has 1 atom stereocenters. The molecule has 2 aromatic rings. The number of pyridine rings is 1. The van der Waals surface area contributed by atoms with Crippen LogP contribution in [-0.4, -0.2) is 27.3 Å². The third-order valence-electron chi connectivity index (χ3n) is 4.17. The van der Waals surface area contributed by atoms with Gasteiger partial charge in [0.25, 0.3) is 0 Å². The number of ketones is 1. The summed E-state index contributed by atoms with van der Waals surface area (Å²) in [5, 5.41) is 9.61. The minimum absolute atomic E-state index is 0.163. The fraction of sp³-hybridized carbons (Fsp3) is 0.300. The van der Waals surface area contributed by atoms with E-state index < -0.39 is 0 Å². The van der Waals surface area contributed by atoms with Gasteiger partial charge < -0.3 is 0 Å². The Labute approximate surface area is 152 Å². The minimum atomic E-state index is 0.163. The van der Waals surface area contributed by atoms with E-state index in [0.717, 1.165) is 29.2 Å². The minimum Gasteiger partial charge on any atom is -0.299 e. The normalized spacial score (nSPS) is 16.4. The predicted molar refractivity (Wildman–Crippen MR) is 104 cm³/mol. The SMILES string of the molecule is CCC1C(SCC(=O)CCc2ccccc2)=NN=C1c1cccnc1. The molecule has 4 nitrogen and oxygen atoms in total. The van der Waals surface area contributed by atoms with Crippen molar-refractivity contribution in [3.8, 4) is 0 Å². The molecule has 0 radical (unpaired) electrons. The van der Waals surface area contributed by atoms with Crippen LogP contribution in [0.1, 0.15) is 30.9 Å². The summed E-state index contributed by atoms with van der Waals surface area (Å²) in [6, 6.07) is 14.0. The molecule has 0 bridgehead atoms. The fourth-order valence-corrected chi connectivity index (χ4v) is 3.82. The molecule has 1 aromatic carbocycles. The van der Waals surface area contributed by atoms with E-state index in [0.29, 0.717) is 12.2 Å². The molecule has 1 aliphatic rings. The van der Waals surface area contributed by atoms with Crippen LogP contribution < -0.4 is 0 Å². The number of hydrogen-bond acceptors (Lipinski definition) is 5. The summed E-state index contributed by atoms with van der Waals surface area (Å²) in [5.74, 6) is 0.871. The summed E-state index contributed by atoms with van der Waals surface area (Å²) in [7, 11) is 0. The first-order valence-corrected chi connectivity index (χ1v) is 9.50. The second kappa shape index (κ2) is 8.72. The number of carbonyl (C=O) groups is 1.